The van der Waals surface area contributed by atoms with Gasteiger partial charge in [0.1, 0.15) is 11.5 Å². The number of Topliss-reactive ketones (excluding diaryl/α,β-unsaturated/α-hetero) is 1. The van der Waals surface area contributed by atoms with E-state index in [0.29, 0.717) is 13.1 Å². The topological polar surface area (TPSA) is 49.3 Å². The normalized spacial score (nSPS) is 9.92. The lowest BCUT2D eigenvalue weighted by Crippen LogP contribution is -2.20. The lowest BCUT2D eigenvalue weighted by molar-refractivity contribution is -0.116. The van der Waals surface area contributed by atoms with Crippen LogP contribution < -0.4 is 5.32 Å². The smallest absolute Gasteiger partial charge is 0.143 e. The van der Waals surface area contributed by atoms with Gasteiger partial charge in [0.15, 0.2) is 0 Å². The molecule has 0 aromatic heterocycles. The second-order valence-electron chi connectivity index (χ2n) is 2.93. The fraction of sp³-hybridized carbons (Fsp3) is 0.300. The van der Waals surface area contributed by atoms with Gasteiger partial charge in [-0.25, -0.2) is 0 Å². The molecule has 1 aromatic rings. The summed E-state index contributed by atoms with van der Waals surface area (Å²) < 4.78 is 0. The number of hydrogen-bond acceptors (Lipinski definition) is 3. The number of phenols is 1. The maximum atomic E-state index is 10.6. The molecule has 1 rings (SSSR count). The highest BCUT2D eigenvalue weighted by atomic mass is 16.3. The number of phenolic OH excluding ortho intramolecular Hbond substituents is 1. The summed E-state index contributed by atoms with van der Waals surface area (Å²) in [5.74, 6) is 0.356. The Morgan fingerprint density at radius 1 is 1.46 bits per heavy atom. The Hall–Kier alpha value is -1.35. The predicted octanol–water partition coefficient (Wildman–Crippen LogP) is 1.07. The number of benzene rings is 1. The number of ketones is 1. The van der Waals surface area contributed by atoms with Crippen molar-refractivity contribution in [2.75, 3.05) is 6.54 Å². The van der Waals surface area contributed by atoms with Crippen molar-refractivity contribution < 1.29 is 9.90 Å². The van der Waals surface area contributed by atoms with Crippen molar-refractivity contribution in [3.05, 3.63) is 29.8 Å². The minimum atomic E-state index is 0.0930. The van der Waals surface area contributed by atoms with Crippen LogP contribution in [-0.4, -0.2) is 17.4 Å². The fourth-order valence-electron chi connectivity index (χ4n) is 1.03. The minimum Gasteiger partial charge on any atom is -0.508 e. The standard InChI is InChI=1S/C10H13NO2/c1-8(12)6-11-7-9-4-2-3-5-10(9)13/h2-5,11,13H,6-7H2,1H3. The van der Waals surface area contributed by atoms with E-state index >= 15 is 0 Å². The first kappa shape index (κ1) is 9.74. The quantitative estimate of drug-likeness (QED) is 0.727. The molecule has 0 saturated heterocycles. The van der Waals surface area contributed by atoms with Crippen LogP contribution in [0.4, 0.5) is 0 Å². The molecule has 0 heterocycles. The lowest BCUT2D eigenvalue weighted by atomic mass is 10.2. The van der Waals surface area contributed by atoms with Crippen molar-refractivity contribution >= 4 is 5.78 Å². The first-order valence-electron chi connectivity index (χ1n) is 4.17. The molecule has 13 heavy (non-hydrogen) atoms. The van der Waals surface area contributed by atoms with E-state index in [9.17, 15) is 9.90 Å². The average Bonchev–Trinajstić information content (AvgIpc) is 2.08. The molecule has 0 aliphatic heterocycles. The van der Waals surface area contributed by atoms with Gasteiger partial charge in [0.05, 0.1) is 6.54 Å². The van der Waals surface area contributed by atoms with E-state index in [0.717, 1.165) is 5.56 Å². The molecule has 0 aliphatic rings. The van der Waals surface area contributed by atoms with E-state index in [-0.39, 0.29) is 11.5 Å². The van der Waals surface area contributed by atoms with Crippen LogP contribution in [0.3, 0.4) is 0 Å². The third kappa shape index (κ3) is 3.25. The molecule has 0 amide bonds. The largest absolute Gasteiger partial charge is 0.508 e. The third-order valence-corrected chi connectivity index (χ3v) is 1.68. The molecule has 0 radical (unpaired) electrons. The molecular weight excluding hydrogens is 166 g/mol. The van der Waals surface area contributed by atoms with Gasteiger partial charge in [-0.1, -0.05) is 18.2 Å². The number of carbonyl (C=O) groups is 1. The lowest BCUT2D eigenvalue weighted by Gasteiger charge is -2.04. The number of rotatable bonds is 4. The average molecular weight is 179 g/mol. The Morgan fingerprint density at radius 3 is 2.77 bits per heavy atom. The Kier molecular flexibility index (Phi) is 3.46. The molecule has 0 saturated carbocycles. The van der Waals surface area contributed by atoms with Gasteiger partial charge in [-0.15, -0.1) is 0 Å². The van der Waals surface area contributed by atoms with Gasteiger partial charge >= 0.3 is 0 Å². The van der Waals surface area contributed by atoms with Crippen LogP contribution in [0.1, 0.15) is 12.5 Å². The fourth-order valence-corrected chi connectivity index (χ4v) is 1.03. The monoisotopic (exact) mass is 179 g/mol. The third-order valence-electron chi connectivity index (χ3n) is 1.68. The second-order valence-corrected chi connectivity index (χ2v) is 2.93. The van der Waals surface area contributed by atoms with Crippen molar-refractivity contribution in [2.24, 2.45) is 0 Å². The van der Waals surface area contributed by atoms with Crippen LogP contribution >= 0.6 is 0 Å². The molecule has 0 unspecified atom stereocenters. The number of para-hydroxylation sites is 1. The molecule has 0 fully saturated rings. The molecule has 2 N–H and O–H groups in total. The van der Waals surface area contributed by atoms with Gasteiger partial charge in [-0.05, 0) is 13.0 Å². The predicted molar refractivity (Wildman–Crippen MR) is 50.5 cm³/mol. The number of aromatic hydroxyl groups is 1. The number of hydrogen-bond donors (Lipinski definition) is 2. The summed E-state index contributed by atoms with van der Waals surface area (Å²) in [6.45, 7) is 2.39. The van der Waals surface area contributed by atoms with Gasteiger partial charge in [-0.2, -0.15) is 0 Å². The Morgan fingerprint density at radius 2 is 2.15 bits per heavy atom. The van der Waals surface area contributed by atoms with Crippen molar-refractivity contribution in [3.63, 3.8) is 0 Å². The molecule has 0 aliphatic carbocycles. The van der Waals surface area contributed by atoms with E-state index in [1.807, 2.05) is 12.1 Å². The highest BCUT2D eigenvalue weighted by Gasteiger charge is 1.98. The van der Waals surface area contributed by atoms with Gasteiger partial charge in [0, 0.05) is 12.1 Å². The van der Waals surface area contributed by atoms with Crippen LogP contribution in [0, 0.1) is 0 Å². The zero-order valence-corrected chi connectivity index (χ0v) is 7.58. The molecule has 3 nitrogen and oxygen atoms in total. The molecule has 70 valence electrons. The molecule has 0 spiro atoms. The summed E-state index contributed by atoms with van der Waals surface area (Å²) in [5, 5.41) is 12.3. The van der Waals surface area contributed by atoms with Gasteiger partial charge in [-0.3, -0.25) is 4.79 Å². The highest BCUT2D eigenvalue weighted by Crippen LogP contribution is 2.14. The second kappa shape index (κ2) is 4.62. The molecular formula is C10H13NO2. The van der Waals surface area contributed by atoms with Gasteiger partial charge in [0.2, 0.25) is 0 Å². The number of carbonyl (C=O) groups excluding carboxylic acids is 1. The van der Waals surface area contributed by atoms with Crippen molar-refractivity contribution in [3.8, 4) is 5.75 Å². The Balaban J connectivity index is 2.45. The van der Waals surface area contributed by atoms with Gasteiger partial charge in [0.25, 0.3) is 0 Å². The zero-order valence-electron chi connectivity index (χ0n) is 7.58. The zero-order chi connectivity index (χ0) is 9.68. The van der Waals surface area contributed by atoms with Crippen molar-refractivity contribution in [1.82, 2.24) is 5.32 Å². The van der Waals surface area contributed by atoms with E-state index in [1.54, 1.807) is 12.1 Å². The van der Waals surface area contributed by atoms with E-state index in [2.05, 4.69) is 5.32 Å². The summed E-state index contributed by atoms with van der Waals surface area (Å²) in [5.41, 5.74) is 0.809. The van der Waals surface area contributed by atoms with Crippen LogP contribution in [-0.2, 0) is 11.3 Å². The molecule has 0 bridgehead atoms. The van der Waals surface area contributed by atoms with Crippen LogP contribution in [0.25, 0.3) is 0 Å². The summed E-state index contributed by atoms with van der Waals surface area (Å²) >= 11 is 0. The summed E-state index contributed by atoms with van der Waals surface area (Å²) in [6.07, 6.45) is 0. The van der Waals surface area contributed by atoms with E-state index in [4.69, 9.17) is 0 Å². The summed E-state index contributed by atoms with van der Waals surface area (Å²) in [7, 11) is 0. The first-order chi connectivity index (χ1) is 6.20. The maximum absolute atomic E-state index is 10.6. The van der Waals surface area contributed by atoms with E-state index in [1.165, 1.54) is 6.92 Å². The molecule has 3 heteroatoms. The van der Waals surface area contributed by atoms with Gasteiger partial charge < -0.3 is 10.4 Å². The van der Waals surface area contributed by atoms with Crippen molar-refractivity contribution in [1.29, 1.82) is 0 Å². The van der Waals surface area contributed by atoms with Crippen LogP contribution in [0.15, 0.2) is 24.3 Å². The first-order valence-corrected chi connectivity index (χ1v) is 4.17. The summed E-state index contributed by atoms with van der Waals surface area (Å²) in [6, 6.07) is 7.07. The van der Waals surface area contributed by atoms with Crippen molar-refractivity contribution in [2.45, 2.75) is 13.5 Å². The molecule has 1 aromatic carbocycles. The molecule has 0 atom stereocenters. The number of nitrogens with one attached hydrogen (secondary N) is 1. The Labute approximate surface area is 77.4 Å². The van der Waals surface area contributed by atoms with E-state index < -0.39 is 0 Å². The maximum Gasteiger partial charge on any atom is 0.143 e. The van der Waals surface area contributed by atoms with Crippen LogP contribution in [0.2, 0.25) is 0 Å². The SMILES string of the molecule is CC(=O)CNCc1ccccc1O. The summed E-state index contributed by atoms with van der Waals surface area (Å²) in [4.78, 5) is 10.6. The highest BCUT2D eigenvalue weighted by molar-refractivity contribution is 5.77. The van der Waals surface area contributed by atoms with Crippen LogP contribution in [0.5, 0.6) is 5.75 Å². The Bertz CT molecular complexity index is 297. The minimum absolute atomic E-state index is 0.0930.